The lowest BCUT2D eigenvalue weighted by atomic mass is 10.3. The fraction of sp³-hybridized carbons (Fsp3) is 0.350. The summed E-state index contributed by atoms with van der Waals surface area (Å²) in [5.74, 6) is 1.61. The third-order valence-electron chi connectivity index (χ3n) is 4.03. The van der Waals surface area contributed by atoms with Crippen LogP contribution in [0.1, 0.15) is 20.8 Å². The average Bonchev–Trinajstić information content (AvgIpc) is 2.69. The van der Waals surface area contributed by atoms with E-state index in [1.807, 2.05) is 20.8 Å². The number of likely N-dealkylation sites (N-methyl/N-ethyl adjacent to an activating group) is 1. The largest absolute Gasteiger partial charge is 0.494 e. The molecule has 0 spiro atoms. The quantitative estimate of drug-likeness (QED) is 0.656. The Kier molecular flexibility index (Phi) is 7.83. The Morgan fingerprint density at radius 2 is 1.39 bits per heavy atom. The van der Waals surface area contributed by atoms with Gasteiger partial charge >= 0.3 is 0 Å². The summed E-state index contributed by atoms with van der Waals surface area (Å²) < 4.78 is 38.2. The molecule has 0 aliphatic carbocycles. The summed E-state index contributed by atoms with van der Waals surface area (Å²) >= 11 is 0. The fourth-order valence-corrected chi connectivity index (χ4v) is 3.50. The third-order valence-corrected chi connectivity index (χ3v) is 5.45. The van der Waals surface area contributed by atoms with E-state index in [1.165, 1.54) is 12.1 Å². The van der Waals surface area contributed by atoms with Gasteiger partial charge in [-0.05, 0) is 69.3 Å². The van der Waals surface area contributed by atoms with E-state index in [0.717, 1.165) is 5.75 Å². The summed E-state index contributed by atoms with van der Waals surface area (Å²) in [6.07, 6.45) is 0. The molecule has 8 heteroatoms. The second-order valence-corrected chi connectivity index (χ2v) is 7.64. The Morgan fingerprint density at radius 3 is 1.89 bits per heavy atom. The second kappa shape index (κ2) is 10.1. The molecular formula is C20H26N2O5S. The number of carbonyl (C=O) groups is 1. The van der Waals surface area contributed by atoms with Crippen molar-refractivity contribution in [3.05, 3.63) is 48.5 Å². The Bertz CT molecular complexity index is 860. The number of hydrogen-bond acceptors (Lipinski definition) is 5. The normalized spacial score (nSPS) is 11.1. The van der Waals surface area contributed by atoms with E-state index in [1.54, 1.807) is 41.3 Å². The third kappa shape index (κ3) is 5.97. The minimum absolute atomic E-state index is 0.0684. The number of nitrogens with one attached hydrogen (secondary N) is 1. The van der Waals surface area contributed by atoms with Gasteiger partial charge in [-0.3, -0.25) is 4.79 Å². The lowest BCUT2D eigenvalue weighted by Gasteiger charge is -2.18. The van der Waals surface area contributed by atoms with Gasteiger partial charge in [0.1, 0.15) is 17.2 Å². The number of carbonyl (C=O) groups excluding carboxylic acids is 1. The maximum atomic E-state index is 12.4. The van der Waals surface area contributed by atoms with Crippen molar-refractivity contribution in [1.82, 2.24) is 9.62 Å². The zero-order chi connectivity index (χ0) is 20.6. The smallest absolute Gasteiger partial charge is 0.241 e. The van der Waals surface area contributed by atoms with Crippen molar-refractivity contribution in [2.45, 2.75) is 25.7 Å². The minimum atomic E-state index is -3.78. The Labute approximate surface area is 166 Å². The highest BCUT2D eigenvalue weighted by atomic mass is 32.2. The first kappa shape index (κ1) is 21.7. The van der Waals surface area contributed by atoms with Crippen LogP contribution >= 0.6 is 0 Å². The van der Waals surface area contributed by atoms with Gasteiger partial charge in [0.05, 0.1) is 18.0 Å². The predicted octanol–water partition coefficient (Wildman–Crippen LogP) is 3.02. The summed E-state index contributed by atoms with van der Waals surface area (Å²) in [5, 5.41) is 0. The Balaban J connectivity index is 1.99. The van der Waals surface area contributed by atoms with Gasteiger partial charge in [-0.1, -0.05) is 0 Å². The van der Waals surface area contributed by atoms with Gasteiger partial charge < -0.3 is 14.4 Å². The monoisotopic (exact) mass is 406 g/mol. The molecule has 1 amide bonds. The summed E-state index contributed by atoms with van der Waals surface area (Å²) in [4.78, 5) is 13.6. The number of benzene rings is 2. The van der Waals surface area contributed by atoms with Gasteiger partial charge in [0, 0.05) is 13.1 Å². The first-order valence-electron chi connectivity index (χ1n) is 9.17. The van der Waals surface area contributed by atoms with Crippen LogP contribution in [0.25, 0.3) is 0 Å². The first-order valence-corrected chi connectivity index (χ1v) is 10.7. The lowest BCUT2D eigenvalue weighted by Crippen LogP contribution is -2.39. The Hall–Kier alpha value is -2.58. The number of amides is 1. The molecule has 1 N–H and O–H groups in total. The van der Waals surface area contributed by atoms with Crippen LogP contribution in [0.2, 0.25) is 0 Å². The summed E-state index contributed by atoms with van der Waals surface area (Å²) in [7, 11) is -3.78. The van der Waals surface area contributed by atoms with Gasteiger partial charge in [0.2, 0.25) is 15.9 Å². The van der Waals surface area contributed by atoms with Crippen LogP contribution in [0.5, 0.6) is 17.2 Å². The topological polar surface area (TPSA) is 84.9 Å². The number of ether oxygens (including phenoxy) is 2. The van der Waals surface area contributed by atoms with Gasteiger partial charge in [0.15, 0.2) is 0 Å². The molecule has 0 aromatic heterocycles. The first-order chi connectivity index (χ1) is 13.4. The molecule has 152 valence electrons. The lowest BCUT2D eigenvalue weighted by molar-refractivity contribution is -0.129. The molecule has 0 bridgehead atoms. The van der Waals surface area contributed by atoms with Crippen molar-refractivity contribution in [2.24, 2.45) is 0 Å². The van der Waals surface area contributed by atoms with Crippen LogP contribution < -0.4 is 14.2 Å². The van der Waals surface area contributed by atoms with E-state index in [2.05, 4.69) is 4.72 Å². The van der Waals surface area contributed by atoms with E-state index in [0.29, 0.717) is 31.2 Å². The van der Waals surface area contributed by atoms with E-state index in [4.69, 9.17) is 9.47 Å². The number of sulfonamides is 1. The van der Waals surface area contributed by atoms with Crippen molar-refractivity contribution in [3.8, 4) is 17.2 Å². The SMILES string of the molecule is CCOc1ccc(Oc2ccc(S(=O)(=O)NCC(=O)N(CC)CC)cc2)cc1. The molecule has 2 aromatic rings. The van der Waals surface area contributed by atoms with Crippen molar-refractivity contribution < 1.29 is 22.7 Å². The van der Waals surface area contributed by atoms with Gasteiger partial charge in [-0.25, -0.2) is 13.1 Å². The number of nitrogens with zero attached hydrogens (tertiary/aromatic N) is 1. The zero-order valence-electron chi connectivity index (χ0n) is 16.3. The molecule has 0 radical (unpaired) electrons. The standard InChI is InChI=1S/C20H26N2O5S/c1-4-22(5-2)20(23)15-21-28(24,25)19-13-11-18(12-14-19)27-17-9-7-16(8-10-17)26-6-3/h7-14,21H,4-6,15H2,1-3H3. The van der Waals surface area contributed by atoms with Gasteiger partial charge in [-0.2, -0.15) is 0 Å². The van der Waals surface area contributed by atoms with Crippen molar-refractivity contribution >= 4 is 15.9 Å². The number of hydrogen-bond donors (Lipinski definition) is 1. The molecule has 2 aromatic carbocycles. The van der Waals surface area contributed by atoms with Crippen molar-refractivity contribution in [3.63, 3.8) is 0 Å². The van der Waals surface area contributed by atoms with Crippen LogP contribution in [0.15, 0.2) is 53.4 Å². The molecule has 0 saturated heterocycles. The van der Waals surface area contributed by atoms with Crippen LogP contribution in [0.3, 0.4) is 0 Å². The van der Waals surface area contributed by atoms with Crippen molar-refractivity contribution in [1.29, 1.82) is 0 Å². The molecule has 28 heavy (non-hydrogen) atoms. The molecule has 0 saturated carbocycles. The van der Waals surface area contributed by atoms with Gasteiger partial charge in [-0.15, -0.1) is 0 Å². The second-order valence-electron chi connectivity index (χ2n) is 5.87. The molecular weight excluding hydrogens is 380 g/mol. The van der Waals surface area contributed by atoms with E-state index in [9.17, 15) is 13.2 Å². The molecule has 2 rings (SSSR count). The van der Waals surface area contributed by atoms with Crippen LogP contribution in [0.4, 0.5) is 0 Å². The van der Waals surface area contributed by atoms with Gasteiger partial charge in [0.25, 0.3) is 0 Å². The molecule has 0 aliphatic heterocycles. The Morgan fingerprint density at radius 1 is 0.893 bits per heavy atom. The highest BCUT2D eigenvalue weighted by molar-refractivity contribution is 7.89. The molecule has 0 unspecified atom stereocenters. The zero-order valence-corrected chi connectivity index (χ0v) is 17.2. The van der Waals surface area contributed by atoms with Crippen LogP contribution in [0, 0.1) is 0 Å². The summed E-state index contributed by atoms with van der Waals surface area (Å²) in [5.41, 5.74) is 0. The van der Waals surface area contributed by atoms with E-state index < -0.39 is 10.0 Å². The maximum Gasteiger partial charge on any atom is 0.241 e. The fourth-order valence-electron chi connectivity index (χ4n) is 2.52. The predicted molar refractivity (Wildman–Crippen MR) is 107 cm³/mol. The molecule has 0 fully saturated rings. The number of rotatable bonds is 10. The van der Waals surface area contributed by atoms with Crippen LogP contribution in [-0.2, 0) is 14.8 Å². The van der Waals surface area contributed by atoms with E-state index in [-0.39, 0.29) is 17.3 Å². The molecule has 0 heterocycles. The summed E-state index contributed by atoms with van der Waals surface area (Å²) in [6, 6.07) is 13.2. The summed E-state index contributed by atoms with van der Waals surface area (Å²) in [6.45, 7) is 6.99. The molecule has 7 nitrogen and oxygen atoms in total. The highest BCUT2D eigenvalue weighted by Gasteiger charge is 2.17. The maximum absolute atomic E-state index is 12.4. The average molecular weight is 407 g/mol. The van der Waals surface area contributed by atoms with Crippen molar-refractivity contribution in [2.75, 3.05) is 26.2 Å². The minimum Gasteiger partial charge on any atom is -0.494 e. The molecule has 0 aliphatic rings. The molecule has 0 atom stereocenters. The van der Waals surface area contributed by atoms with E-state index >= 15 is 0 Å². The highest BCUT2D eigenvalue weighted by Crippen LogP contribution is 2.25. The van der Waals surface area contributed by atoms with Crippen LogP contribution in [-0.4, -0.2) is 45.5 Å².